The fourth-order valence-corrected chi connectivity index (χ4v) is 1.93. The number of ether oxygens (including phenoxy) is 1. The Morgan fingerprint density at radius 3 is 1.33 bits per heavy atom. The Balaban J connectivity index is 0.000000211. The summed E-state index contributed by atoms with van der Waals surface area (Å²) in [7, 11) is -4.38. The number of hydrogen-bond acceptors (Lipinski definition) is 5. The Labute approximate surface area is 157 Å². The molecule has 142 valence electrons. The number of para-hydroxylation sites is 2. The molecular formula is C19H18O7S. The molecule has 0 radical (unpaired) electrons. The highest BCUT2D eigenvalue weighted by atomic mass is 32.3. The number of rotatable bonds is 3. The quantitative estimate of drug-likeness (QED) is 0.390. The Hall–Kier alpha value is -3.36. The van der Waals surface area contributed by atoms with Crippen molar-refractivity contribution in [3.8, 4) is 11.5 Å². The average molecular weight is 390 g/mol. The maximum absolute atomic E-state index is 10.1. The fourth-order valence-electron chi connectivity index (χ4n) is 1.57. The molecule has 0 fully saturated rings. The standard InChI is InChI=1S/C7H6O3.C6H6O4S.C6H6/c8-7(9)10-6-4-2-1-3-5-6;7-11(8,9)10-6-4-2-1-3-5-6;1-2-4-6-5-3-1/h1-5H,(H,8,9);1-5H,(H,7,8,9);1-6H. The normalized spacial score (nSPS) is 9.52. The summed E-state index contributed by atoms with van der Waals surface area (Å²) in [6, 6.07) is 28.1. The minimum absolute atomic E-state index is 0.0926. The minimum Gasteiger partial charge on any atom is -0.449 e. The van der Waals surface area contributed by atoms with Crippen LogP contribution in [0.2, 0.25) is 0 Å². The van der Waals surface area contributed by atoms with Crippen LogP contribution in [0.3, 0.4) is 0 Å². The average Bonchev–Trinajstić information content (AvgIpc) is 2.64. The zero-order valence-electron chi connectivity index (χ0n) is 14.1. The van der Waals surface area contributed by atoms with E-state index in [1.165, 1.54) is 12.1 Å². The Kier molecular flexibility index (Phi) is 9.69. The van der Waals surface area contributed by atoms with E-state index in [9.17, 15) is 13.2 Å². The van der Waals surface area contributed by atoms with E-state index in [4.69, 9.17) is 9.66 Å². The fraction of sp³-hybridized carbons (Fsp3) is 0. The summed E-state index contributed by atoms with van der Waals surface area (Å²) >= 11 is 0. The smallest absolute Gasteiger partial charge is 0.449 e. The monoisotopic (exact) mass is 390 g/mol. The molecule has 27 heavy (non-hydrogen) atoms. The van der Waals surface area contributed by atoms with Gasteiger partial charge in [0.1, 0.15) is 11.5 Å². The highest BCUT2D eigenvalue weighted by Gasteiger charge is 2.04. The molecule has 3 aromatic rings. The van der Waals surface area contributed by atoms with Gasteiger partial charge in [-0.05, 0) is 24.3 Å². The molecule has 0 spiro atoms. The Morgan fingerprint density at radius 2 is 1.00 bits per heavy atom. The molecule has 3 aromatic carbocycles. The van der Waals surface area contributed by atoms with Crippen LogP contribution >= 0.6 is 0 Å². The lowest BCUT2D eigenvalue weighted by Crippen LogP contribution is -2.06. The first-order valence-corrected chi connectivity index (χ1v) is 8.91. The molecule has 0 aliphatic heterocycles. The predicted octanol–water partition coefficient (Wildman–Crippen LogP) is 4.30. The van der Waals surface area contributed by atoms with Gasteiger partial charge in [0, 0.05) is 0 Å². The van der Waals surface area contributed by atoms with Crippen LogP contribution in [-0.2, 0) is 10.4 Å². The summed E-state index contributed by atoms with van der Waals surface area (Å²) in [5.74, 6) is 0.435. The number of carbonyl (C=O) groups is 1. The first kappa shape index (κ1) is 21.7. The van der Waals surface area contributed by atoms with Crippen molar-refractivity contribution in [3.05, 3.63) is 97.1 Å². The lowest BCUT2D eigenvalue weighted by molar-refractivity contribution is 0.144. The van der Waals surface area contributed by atoms with Gasteiger partial charge in [-0.25, -0.2) is 4.79 Å². The van der Waals surface area contributed by atoms with E-state index in [-0.39, 0.29) is 5.75 Å². The van der Waals surface area contributed by atoms with Gasteiger partial charge in [-0.2, -0.15) is 8.42 Å². The summed E-state index contributed by atoms with van der Waals surface area (Å²) in [5.41, 5.74) is 0. The van der Waals surface area contributed by atoms with E-state index in [1.54, 1.807) is 48.5 Å². The molecule has 0 aliphatic rings. The SMILES string of the molecule is O=C(O)Oc1ccccc1.O=S(=O)(O)Oc1ccccc1.c1ccccc1. The van der Waals surface area contributed by atoms with Gasteiger partial charge in [0.25, 0.3) is 0 Å². The molecule has 0 unspecified atom stereocenters. The molecule has 3 rings (SSSR count). The maximum atomic E-state index is 10.1. The van der Waals surface area contributed by atoms with Gasteiger partial charge in [0.05, 0.1) is 0 Å². The number of hydrogen-bond donors (Lipinski definition) is 2. The van der Waals surface area contributed by atoms with E-state index >= 15 is 0 Å². The molecule has 0 amide bonds. The van der Waals surface area contributed by atoms with Crippen molar-refractivity contribution in [3.63, 3.8) is 0 Å². The number of carboxylic acid groups (broad SMARTS) is 1. The molecule has 0 heterocycles. The largest absolute Gasteiger partial charge is 0.511 e. The summed E-state index contributed by atoms with van der Waals surface area (Å²) in [4.78, 5) is 9.95. The first-order valence-electron chi connectivity index (χ1n) is 7.54. The van der Waals surface area contributed by atoms with Crippen molar-refractivity contribution >= 4 is 16.6 Å². The highest BCUT2D eigenvalue weighted by Crippen LogP contribution is 2.10. The molecular weight excluding hydrogens is 372 g/mol. The van der Waals surface area contributed by atoms with E-state index in [1.807, 2.05) is 36.4 Å². The third kappa shape index (κ3) is 12.6. The maximum Gasteiger partial charge on any atom is 0.511 e. The molecule has 8 heteroatoms. The first-order chi connectivity index (χ1) is 12.9. The zero-order chi connectivity index (χ0) is 20.0. The molecule has 0 saturated carbocycles. The molecule has 0 bridgehead atoms. The van der Waals surface area contributed by atoms with Gasteiger partial charge < -0.3 is 14.0 Å². The van der Waals surface area contributed by atoms with Crippen LogP contribution in [-0.4, -0.2) is 24.2 Å². The van der Waals surface area contributed by atoms with Gasteiger partial charge in [-0.3, -0.25) is 4.55 Å². The van der Waals surface area contributed by atoms with Crippen molar-refractivity contribution in [1.29, 1.82) is 0 Å². The van der Waals surface area contributed by atoms with Crippen LogP contribution < -0.4 is 8.92 Å². The second-order valence-electron chi connectivity index (χ2n) is 4.66. The van der Waals surface area contributed by atoms with E-state index in [2.05, 4.69) is 8.92 Å². The minimum atomic E-state index is -4.38. The molecule has 0 saturated heterocycles. The van der Waals surface area contributed by atoms with Crippen molar-refractivity contribution in [2.24, 2.45) is 0 Å². The van der Waals surface area contributed by atoms with Crippen molar-refractivity contribution in [1.82, 2.24) is 0 Å². The number of benzene rings is 3. The van der Waals surface area contributed by atoms with Crippen LogP contribution in [0.25, 0.3) is 0 Å². The summed E-state index contributed by atoms with van der Waals surface area (Å²) in [6.45, 7) is 0. The Morgan fingerprint density at radius 1 is 0.667 bits per heavy atom. The van der Waals surface area contributed by atoms with E-state index in [0.717, 1.165) is 0 Å². The van der Waals surface area contributed by atoms with Crippen LogP contribution in [0.15, 0.2) is 97.1 Å². The molecule has 0 aliphatic carbocycles. The van der Waals surface area contributed by atoms with Gasteiger partial charge in [0.15, 0.2) is 0 Å². The van der Waals surface area contributed by atoms with Gasteiger partial charge in [-0.15, -0.1) is 0 Å². The van der Waals surface area contributed by atoms with Gasteiger partial charge in [0.2, 0.25) is 0 Å². The zero-order valence-corrected chi connectivity index (χ0v) is 14.9. The van der Waals surface area contributed by atoms with Crippen LogP contribution in [0.4, 0.5) is 4.79 Å². The van der Waals surface area contributed by atoms with Crippen LogP contribution in [0.1, 0.15) is 0 Å². The third-order valence-electron chi connectivity index (χ3n) is 2.56. The van der Waals surface area contributed by atoms with Gasteiger partial charge >= 0.3 is 16.6 Å². The summed E-state index contributed by atoms with van der Waals surface area (Å²) < 4.78 is 36.9. The van der Waals surface area contributed by atoms with Crippen molar-refractivity contribution in [2.45, 2.75) is 0 Å². The van der Waals surface area contributed by atoms with E-state index in [0.29, 0.717) is 5.75 Å². The molecule has 7 nitrogen and oxygen atoms in total. The molecule has 2 N–H and O–H groups in total. The lowest BCUT2D eigenvalue weighted by atomic mass is 10.3. The molecule has 0 aromatic heterocycles. The second kappa shape index (κ2) is 12.1. The third-order valence-corrected chi connectivity index (χ3v) is 2.96. The predicted molar refractivity (Wildman–Crippen MR) is 100 cm³/mol. The summed E-state index contributed by atoms with van der Waals surface area (Å²) in [5, 5.41) is 8.14. The lowest BCUT2D eigenvalue weighted by Gasteiger charge is -1.98. The highest BCUT2D eigenvalue weighted by molar-refractivity contribution is 7.81. The second-order valence-corrected chi connectivity index (χ2v) is 5.68. The summed E-state index contributed by atoms with van der Waals surface area (Å²) in [6.07, 6.45) is -1.29. The molecule has 0 atom stereocenters. The van der Waals surface area contributed by atoms with Gasteiger partial charge in [-0.1, -0.05) is 72.8 Å². The van der Waals surface area contributed by atoms with Crippen molar-refractivity contribution in [2.75, 3.05) is 0 Å². The van der Waals surface area contributed by atoms with E-state index < -0.39 is 16.6 Å². The topological polar surface area (TPSA) is 110 Å². The van der Waals surface area contributed by atoms with Crippen molar-refractivity contribution < 1.29 is 31.8 Å². The Bertz CT molecular complexity index is 841. The van der Waals surface area contributed by atoms with Crippen LogP contribution in [0.5, 0.6) is 11.5 Å². The van der Waals surface area contributed by atoms with Crippen LogP contribution in [0, 0.1) is 0 Å².